The molecule has 2 fully saturated rings. The van der Waals surface area contributed by atoms with Crippen LogP contribution in [-0.4, -0.2) is 63.0 Å². The molecule has 160 valence electrons. The van der Waals surface area contributed by atoms with Crippen molar-refractivity contribution in [2.75, 3.05) is 18.6 Å². The van der Waals surface area contributed by atoms with Gasteiger partial charge in [0.2, 0.25) is 0 Å². The number of ether oxygens (including phenoxy) is 3. The maximum Gasteiger partial charge on any atom is 0.166 e. The van der Waals surface area contributed by atoms with Crippen molar-refractivity contribution in [1.29, 1.82) is 0 Å². The molecule has 4 N–H and O–H groups in total. The van der Waals surface area contributed by atoms with Gasteiger partial charge in [0, 0.05) is 6.54 Å². The Morgan fingerprint density at radius 3 is 2.77 bits per heavy atom. The van der Waals surface area contributed by atoms with E-state index in [2.05, 4.69) is 20.6 Å². The molecule has 1 aromatic carbocycles. The first kappa shape index (κ1) is 19.3. The normalized spacial score (nSPS) is 29.1. The molecular formula is C20H25N5O5. The molecule has 3 aliphatic rings. The molecule has 1 aromatic heterocycles. The van der Waals surface area contributed by atoms with Crippen molar-refractivity contribution in [3.8, 4) is 5.75 Å². The summed E-state index contributed by atoms with van der Waals surface area (Å²) < 4.78 is 20.0. The molecule has 10 heteroatoms. The zero-order valence-electron chi connectivity index (χ0n) is 16.8. The number of benzene rings is 1. The van der Waals surface area contributed by atoms with Crippen LogP contribution >= 0.6 is 0 Å². The van der Waals surface area contributed by atoms with Gasteiger partial charge in [-0.2, -0.15) is 0 Å². The number of hydrogen-bond acceptors (Lipinski definition) is 9. The Hall–Kier alpha value is -2.66. The molecule has 10 nitrogen and oxygen atoms in total. The number of aromatic nitrogens is 2. The van der Waals surface area contributed by atoms with Crippen LogP contribution in [0.5, 0.6) is 5.75 Å². The van der Waals surface area contributed by atoms with Crippen LogP contribution < -0.4 is 10.6 Å². The maximum absolute atomic E-state index is 9.73. The molecule has 4 atom stereocenters. The first-order chi connectivity index (χ1) is 14.4. The fourth-order valence-corrected chi connectivity index (χ4v) is 4.14. The predicted molar refractivity (Wildman–Crippen MR) is 107 cm³/mol. The zero-order chi connectivity index (χ0) is 20.9. The van der Waals surface area contributed by atoms with E-state index in [-0.39, 0.29) is 24.6 Å². The van der Waals surface area contributed by atoms with Crippen molar-refractivity contribution in [2.45, 2.75) is 50.7 Å². The van der Waals surface area contributed by atoms with Crippen LogP contribution in [0.4, 0.5) is 5.82 Å². The van der Waals surface area contributed by atoms with Crippen LogP contribution in [0.2, 0.25) is 0 Å². The monoisotopic (exact) mass is 415 g/mol. The van der Waals surface area contributed by atoms with Gasteiger partial charge in [-0.3, -0.25) is 4.57 Å². The topological polar surface area (TPSA) is 122 Å². The maximum atomic E-state index is 9.73. The Morgan fingerprint density at radius 1 is 1.23 bits per heavy atom. The molecule has 0 bridgehead atoms. The summed E-state index contributed by atoms with van der Waals surface area (Å²) in [7, 11) is 0. The fourth-order valence-electron chi connectivity index (χ4n) is 4.14. The molecule has 2 saturated heterocycles. The Morgan fingerprint density at radius 2 is 2.00 bits per heavy atom. The number of aromatic hydroxyl groups is 1. The van der Waals surface area contributed by atoms with E-state index in [4.69, 9.17) is 14.2 Å². The number of phenolic OH excluding ortho intramolecular Hbond substituents is 1. The highest BCUT2D eigenvalue weighted by atomic mass is 16.8. The molecule has 5 rings (SSSR count). The lowest BCUT2D eigenvalue weighted by atomic mass is 10.1. The summed E-state index contributed by atoms with van der Waals surface area (Å²) in [6.45, 7) is 4.51. The minimum Gasteiger partial charge on any atom is -0.508 e. The van der Waals surface area contributed by atoms with Crippen molar-refractivity contribution < 1.29 is 24.4 Å². The number of nitrogens with zero attached hydrogens (tertiary/aromatic N) is 3. The number of rotatable bonds is 4. The van der Waals surface area contributed by atoms with Gasteiger partial charge in [0.15, 0.2) is 17.9 Å². The van der Waals surface area contributed by atoms with Gasteiger partial charge >= 0.3 is 0 Å². The predicted octanol–water partition coefficient (Wildman–Crippen LogP) is 0.918. The molecule has 0 radical (unpaired) electrons. The SMILES string of the molecule is CC1(C)OC2C(O1)[C@@H](CO)O[C@H]2n1cnc2c1NCN=C2NCc1ccc(O)cc1. The van der Waals surface area contributed by atoms with Gasteiger partial charge in [0.05, 0.1) is 12.9 Å². The van der Waals surface area contributed by atoms with Crippen LogP contribution in [-0.2, 0) is 20.8 Å². The van der Waals surface area contributed by atoms with E-state index < -0.39 is 18.1 Å². The van der Waals surface area contributed by atoms with Crippen LogP contribution in [0.15, 0.2) is 35.6 Å². The number of aliphatic hydroxyl groups excluding tert-OH is 1. The van der Waals surface area contributed by atoms with Gasteiger partial charge in [-0.05, 0) is 31.5 Å². The lowest BCUT2D eigenvalue weighted by Gasteiger charge is -2.26. The van der Waals surface area contributed by atoms with Crippen molar-refractivity contribution in [2.24, 2.45) is 4.99 Å². The Kier molecular flexibility index (Phi) is 4.66. The van der Waals surface area contributed by atoms with Crippen molar-refractivity contribution in [3.05, 3.63) is 41.9 Å². The van der Waals surface area contributed by atoms with E-state index in [0.717, 1.165) is 11.4 Å². The molecule has 2 unspecified atom stereocenters. The number of phenols is 1. The van der Waals surface area contributed by atoms with Crippen LogP contribution in [0.25, 0.3) is 0 Å². The molecular weight excluding hydrogens is 390 g/mol. The smallest absolute Gasteiger partial charge is 0.166 e. The van der Waals surface area contributed by atoms with E-state index in [1.807, 2.05) is 30.5 Å². The number of aliphatic hydroxyl groups is 1. The Balaban J connectivity index is 1.37. The lowest BCUT2D eigenvalue weighted by molar-refractivity contribution is -0.199. The first-order valence-electron chi connectivity index (χ1n) is 9.94. The zero-order valence-corrected chi connectivity index (χ0v) is 16.8. The molecule has 0 saturated carbocycles. The van der Waals surface area contributed by atoms with Crippen LogP contribution in [0.1, 0.15) is 31.3 Å². The number of imidazole rings is 1. The summed E-state index contributed by atoms with van der Waals surface area (Å²) >= 11 is 0. The average molecular weight is 415 g/mol. The summed E-state index contributed by atoms with van der Waals surface area (Å²) in [6, 6.07) is 7.00. The van der Waals surface area contributed by atoms with E-state index in [9.17, 15) is 10.2 Å². The lowest BCUT2D eigenvalue weighted by Crippen LogP contribution is -2.32. The second-order valence-corrected chi connectivity index (χ2v) is 8.02. The second kappa shape index (κ2) is 7.24. The molecule has 3 aliphatic heterocycles. The quantitative estimate of drug-likeness (QED) is 0.582. The van der Waals surface area contributed by atoms with Crippen LogP contribution in [0.3, 0.4) is 0 Å². The summed E-state index contributed by atoms with van der Waals surface area (Å²) in [5, 5.41) is 25.7. The summed E-state index contributed by atoms with van der Waals surface area (Å²) in [5.41, 5.74) is 1.70. The van der Waals surface area contributed by atoms with E-state index >= 15 is 0 Å². The van der Waals surface area contributed by atoms with Gasteiger partial charge in [0.1, 0.15) is 42.2 Å². The third kappa shape index (κ3) is 3.31. The number of amidine groups is 1. The highest BCUT2D eigenvalue weighted by molar-refractivity contribution is 6.02. The number of anilines is 1. The fraction of sp³-hybridized carbons (Fsp3) is 0.500. The molecule has 0 spiro atoms. The van der Waals surface area contributed by atoms with Crippen molar-refractivity contribution in [1.82, 2.24) is 14.9 Å². The standard InChI is InChI=1S/C20H25N5O5/c1-20(2)29-15-13(8-26)28-19(16(15)30-20)25-10-24-14-17(22-9-23-18(14)25)21-7-11-3-5-12(27)6-4-11/h3-6,10,13,15-16,19,23,26-27H,7-9H2,1-2H3,(H,21,22)/t13-,15?,16?,19-/m1/s1. The van der Waals surface area contributed by atoms with Gasteiger partial charge in [-0.1, -0.05) is 12.1 Å². The molecule has 2 aromatic rings. The first-order valence-corrected chi connectivity index (χ1v) is 9.94. The highest BCUT2D eigenvalue weighted by Crippen LogP contribution is 2.44. The van der Waals surface area contributed by atoms with E-state index in [1.54, 1.807) is 18.5 Å². The number of fused-ring (bicyclic) bond motifs is 2. The van der Waals surface area contributed by atoms with Crippen molar-refractivity contribution in [3.63, 3.8) is 0 Å². The number of nitrogens with one attached hydrogen (secondary N) is 2. The second-order valence-electron chi connectivity index (χ2n) is 8.02. The third-order valence-electron chi connectivity index (χ3n) is 5.48. The average Bonchev–Trinajstić information content (AvgIpc) is 3.38. The van der Waals surface area contributed by atoms with Gasteiger partial charge in [-0.25, -0.2) is 9.98 Å². The van der Waals surface area contributed by atoms with Gasteiger partial charge in [0.25, 0.3) is 0 Å². The molecule has 0 amide bonds. The number of aliphatic imine (C=N–C) groups is 1. The molecule has 0 aliphatic carbocycles. The van der Waals surface area contributed by atoms with Crippen molar-refractivity contribution >= 4 is 11.7 Å². The van der Waals surface area contributed by atoms with Gasteiger partial charge in [-0.15, -0.1) is 0 Å². The highest BCUT2D eigenvalue weighted by Gasteiger charge is 2.56. The van der Waals surface area contributed by atoms with E-state index in [1.165, 1.54) is 0 Å². The minimum atomic E-state index is -0.739. The summed E-state index contributed by atoms with van der Waals surface area (Å²) in [4.78, 5) is 9.04. The minimum absolute atomic E-state index is 0.150. The summed E-state index contributed by atoms with van der Waals surface area (Å²) in [6.07, 6.45) is 0.0388. The molecule has 30 heavy (non-hydrogen) atoms. The number of hydrogen-bond donors (Lipinski definition) is 4. The summed E-state index contributed by atoms with van der Waals surface area (Å²) in [5.74, 6) is 0.940. The van der Waals surface area contributed by atoms with Gasteiger partial charge < -0.3 is 35.1 Å². The van der Waals surface area contributed by atoms with E-state index in [0.29, 0.717) is 24.7 Å². The largest absolute Gasteiger partial charge is 0.508 e. The Labute approximate surface area is 173 Å². The van der Waals surface area contributed by atoms with Crippen LogP contribution in [0, 0.1) is 0 Å². The third-order valence-corrected chi connectivity index (χ3v) is 5.48. The Bertz CT molecular complexity index is 957. The molecule has 4 heterocycles.